The summed E-state index contributed by atoms with van der Waals surface area (Å²) < 4.78 is 15.4. The third-order valence-corrected chi connectivity index (χ3v) is 3.04. The highest BCUT2D eigenvalue weighted by Gasteiger charge is 2.26. The molecular weight excluding hydrogens is 188 g/mol. The lowest BCUT2D eigenvalue weighted by molar-refractivity contribution is -0.113. The third-order valence-electron chi connectivity index (χ3n) is 1.36. The molecule has 5 heteroatoms. The van der Waals surface area contributed by atoms with Crippen molar-refractivity contribution in [2.24, 2.45) is 0 Å². The van der Waals surface area contributed by atoms with E-state index in [1.54, 1.807) is 7.11 Å². The average molecular weight is 204 g/mol. The molecule has 0 saturated heterocycles. The van der Waals surface area contributed by atoms with Gasteiger partial charge < -0.3 is 13.6 Å². The molecule has 0 aromatic carbocycles. The quantitative estimate of drug-likeness (QED) is 0.386. The normalized spacial score (nSPS) is 12.5. The number of carbonyl (C=O) groups is 1. The summed E-state index contributed by atoms with van der Waals surface area (Å²) >= 11 is 0. The van der Waals surface area contributed by atoms with E-state index in [-0.39, 0.29) is 11.7 Å². The van der Waals surface area contributed by atoms with Crippen LogP contribution in [0.3, 0.4) is 0 Å². The van der Waals surface area contributed by atoms with Gasteiger partial charge in [0.15, 0.2) is 5.78 Å². The summed E-state index contributed by atoms with van der Waals surface area (Å²) in [4.78, 5) is 10.7. The number of methoxy groups -OCH3 is 1. The molecule has 0 bridgehead atoms. The van der Waals surface area contributed by atoms with Crippen LogP contribution in [0.4, 0.5) is 0 Å². The Morgan fingerprint density at radius 3 is 2.15 bits per heavy atom. The molecular formula is C8H16O4Si. The highest BCUT2D eigenvalue weighted by Crippen LogP contribution is 2.11. The second-order valence-corrected chi connectivity index (χ2v) is 6.40. The van der Waals surface area contributed by atoms with Gasteiger partial charge in [-0.05, 0) is 20.0 Å². The van der Waals surface area contributed by atoms with Gasteiger partial charge in [0, 0.05) is 7.11 Å². The molecule has 0 aliphatic rings. The molecule has 0 fully saturated rings. The molecule has 0 aliphatic carbocycles. The van der Waals surface area contributed by atoms with Crippen LogP contribution in [-0.4, -0.2) is 28.6 Å². The minimum atomic E-state index is -2.17. The Balaban J connectivity index is 4.37. The van der Waals surface area contributed by atoms with Gasteiger partial charge in [-0.3, -0.25) is 4.79 Å². The minimum absolute atomic E-state index is 0.113. The lowest BCUT2D eigenvalue weighted by Gasteiger charge is -2.21. The number of ketones is 1. The van der Waals surface area contributed by atoms with Crippen molar-refractivity contribution in [1.29, 1.82) is 0 Å². The zero-order chi connectivity index (χ0) is 10.5. The summed E-state index contributed by atoms with van der Waals surface area (Å²) in [5.41, 5.74) is 0. The van der Waals surface area contributed by atoms with Crippen LogP contribution in [0.5, 0.6) is 0 Å². The number of hydrogen-bond acceptors (Lipinski definition) is 4. The van der Waals surface area contributed by atoms with E-state index >= 15 is 0 Å². The Hall–Kier alpha value is -0.813. The molecule has 76 valence electrons. The molecule has 0 aromatic heterocycles. The Labute approximate surface area is 79.7 Å². The summed E-state index contributed by atoms with van der Waals surface area (Å²) in [7, 11) is 0.856. The Morgan fingerprint density at radius 2 is 1.85 bits per heavy atom. The molecule has 0 aromatic rings. The highest BCUT2D eigenvalue weighted by atomic mass is 28.4. The van der Waals surface area contributed by atoms with Crippen molar-refractivity contribution in [3.05, 3.63) is 12.0 Å². The first-order valence-corrected chi connectivity index (χ1v) is 6.73. The monoisotopic (exact) mass is 204 g/mol. The fraction of sp³-hybridized carbons (Fsp3) is 0.625. The SMILES string of the molecule is COC(=CC(C)=O)O[Si](C)(C)OC. The van der Waals surface area contributed by atoms with Crippen LogP contribution in [0.25, 0.3) is 0 Å². The van der Waals surface area contributed by atoms with E-state index in [9.17, 15) is 4.79 Å². The van der Waals surface area contributed by atoms with E-state index in [4.69, 9.17) is 13.6 Å². The van der Waals surface area contributed by atoms with Crippen LogP contribution in [0.2, 0.25) is 13.1 Å². The van der Waals surface area contributed by atoms with Crippen LogP contribution < -0.4 is 0 Å². The van der Waals surface area contributed by atoms with Crippen molar-refractivity contribution in [3.63, 3.8) is 0 Å². The molecule has 0 N–H and O–H groups in total. The number of rotatable bonds is 5. The third kappa shape index (κ3) is 5.43. The maximum atomic E-state index is 10.7. The molecule has 0 saturated carbocycles. The molecule has 0 atom stereocenters. The molecule has 4 nitrogen and oxygen atoms in total. The number of allylic oxidation sites excluding steroid dienone is 1. The predicted octanol–water partition coefficient (Wildman–Crippen LogP) is 1.43. The second kappa shape index (κ2) is 5.03. The Morgan fingerprint density at radius 1 is 1.31 bits per heavy atom. The fourth-order valence-electron chi connectivity index (χ4n) is 0.580. The van der Waals surface area contributed by atoms with Crippen molar-refractivity contribution < 1.29 is 18.4 Å². The molecule has 0 aliphatic heterocycles. The first kappa shape index (κ1) is 12.2. The van der Waals surface area contributed by atoms with Crippen LogP contribution in [0, 0.1) is 0 Å². The van der Waals surface area contributed by atoms with Crippen molar-refractivity contribution in [2.45, 2.75) is 20.0 Å². The molecule has 0 rings (SSSR count). The van der Waals surface area contributed by atoms with Crippen molar-refractivity contribution >= 4 is 14.3 Å². The minimum Gasteiger partial charge on any atom is -0.494 e. The molecule has 0 spiro atoms. The smallest absolute Gasteiger partial charge is 0.395 e. The largest absolute Gasteiger partial charge is 0.494 e. The van der Waals surface area contributed by atoms with Crippen LogP contribution in [0.1, 0.15) is 6.92 Å². The Bertz CT molecular complexity index is 210. The maximum absolute atomic E-state index is 10.7. The zero-order valence-electron chi connectivity index (χ0n) is 8.71. The second-order valence-electron chi connectivity index (χ2n) is 2.98. The molecule has 0 heterocycles. The van der Waals surface area contributed by atoms with E-state index in [1.165, 1.54) is 20.1 Å². The Kier molecular flexibility index (Phi) is 4.72. The van der Waals surface area contributed by atoms with E-state index in [0.29, 0.717) is 0 Å². The molecule has 13 heavy (non-hydrogen) atoms. The van der Waals surface area contributed by atoms with Crippen LogP contribution >= 0.6 is 0 Å². The average Bonchev–Trinajstić information content (AvgIpc) is 2.02. The topological polar surface area (TPSA) is 44.8 Å². The fourth-order valence-corrected chi connectivity index (χ4v) is 1.29. The summed E-state index contributed by atoms with van der Waals surface area (Å²) in [6.07, 6.45) is 1.30. The van der Waals surface area contributed by atoms with Gasteiger partial charge in [0.25, 0.3) is 5.95 Å². The maximum Gasteiger partial charge on any atom is 0.395 e. The van der Waals surface area contributed by atoms with E-state index in [1.807, 2.05) is 13.1 Å². The van der Waals surface area contributed by atoms with E-state index < -0.39 is 8.56 Å². The summed E-state index contributed by atoms with van der Waals surface area (Å²) in [6.45, 7) is 5.16. The zero-order valence-corrected chi connectivity index (χ0v) is 9.71. The van der Waals surface area contributed by atoms with Crippen molar-refractivity contribution in [1.82, 2.24) is 0 Å². The van der Waals surface area contributed by atoms with Gasteiger partial charge in [0.1, 0.15) is 0 Å². The molecule has 0 amide bonds. The summed E-state index contributed by atoms with van der Waals surface area (Å²) in [6, 6.07) is 0. The van der Waals surface area contributed by atoms with Gasteiger partial charge in [-0.15, -0.1) is 0 Å². The molecule has 0 radical (unpaired) electrons. The summed E-state index contributed by atoms with van der Waals surface area (Å²) in [5.74, 6) is 0.101. The predicted molar refractivity (Wildman–Crippen MR) is 51.3 cm³/mol. The first-order chi connectivity index (χ1) is 5.91. The van der Waals surface area contributed by atoms with Gasteiger partial charge in [-0.1, -0.05) is 0 Å². The van der Waals surface area contributed by atoms with Crippen molar-refractivity contribution in [2.75, 3.05) is 14.2 Å². The first-order valence-electron chi connectivity index (χ1n) is 3.91. The van der Waals surface area contributed by atoms with E-state index in [2.05, 4.69) is 0 Å². The lowest BCUT2D eigenvalue weighted by Crippen LogP contribution is -2.33. The van der Waals surface area contributed by atoms with Gasteiger partial charge in [-0.25, -0.2) is 0 Å². The van der Waals surface area contributed by atoms with Gasteiger partial charge >= 0.3 is 8.56 Å². The summed E-state index contributed by atoms with van der Waals surface area (Å²) in [5, 5.41) is 0. The number of ether oxygens (including phenoxy) is 1. The standard InChI is InChI=1S/C8H16O4Si/c1-7(9)6-8(10-2)12-13(4,5)11-3/h6H,1-5H3. The van der Waals surface area contributed by atoms with Crippen LogP contribution in [-0.2, 0) is 18.4 Å². The highest BCUT2D eigenvalue weighted by molar-refractivity contribution is 6.64. The number of carbonyl (C=O) groups excluding carboxylic acids is 1. The van der Waals surface area contributed by atoms with Crippen LogP contribution in [0.15, 0.2) is 12.0 Å². The van der Waals surface area contributed by atoms with Crippen molar-refractivity contribution in [3.8, 4) is 0 Å². The lowest BCUT2D eigenvalue weighted by atomic mass is 10.4. The van der Waals surface area contributed by atoms with E-state index in [0.717, 1.165) is 0 Å². The molecule has 0 unspecified atom stereocenters. The van der Waals surface area contributed by atoms with Gasteiger partial charge in [0.2, 0.25) is 0 Å². The number of hydrogen-bond donors (Lipinski definition) is 0. The van der Waals surface area contributed by atoms with Gasteiger partial charge in [0.05, 0.1) is 13.2 Å². The van der Waals surface area contributed by atoms with Gasteiger partial charge in [-0.2, -0.15) is 0 Å².